The van der Waals surface area contributed by atoms with Crippen molar-refractivity contribution in [2.24, 2.45) is 10.9 Å². The largest absolute Gasteiger partial charge is 0.496 e. The summed E-state index contributed by atoms with van der Waals surface area (Å²) in [6.45, 7) is 0. The molecule has 0 saturated carbocycles. The number of benzene rings is 1. The summed E-state index contributed by atoms with van der Waals surface area (Å²) < 4.78 is 5.17. The van der Waals surface area contributed by atoms with Gasteiger partial charge in [-0.1, -0.05) is 23.4 Å². The Kier molecular flexibility index (Phi) is 4.87. The van der Waals surface area contributed by atoms with Gasteiger partial charge < -0.3 is 15.3 Å². The molecule has 3 N–H and O–H groups in total. The van der Waals surface area contributed by atoms with E-state index in [1.165, 1.54) is 0 Å². The number of pyridine rings is 1. The average Bonchev–Trinajstić information content (AvgIpc) is 2.54. The van der Waals surface area contributed by atoms with Gasteiger partial charge >= 0.3 is 5.97 Å². The second-order valence-corrected chi connectivity index (χ2v) is 4.20. The van der Waals surface area contributed by atoms with E-state index in [0.29, 0.717) is 11.4 Å². The number of hydrogen-bond acceptors (Lipinski definition) is 4. The molecular weight excluding hydrogens is 270 g/mol. The van der Waals surface area contributed by atoms with Gasteiger partial charge in [0.2, 0.25) is 11.5 Å². The van der Waals surface area contributed by atoms with Crippen LogP contribution < -0.4 is 15.5 Å². The van der Waals surface area contributed by atoms with Crippen LogP contribution in [0.3, 0.4) is 0 Å². The number of oxime groups is 1. The highest BCUT2D eigenvalue weighted by atomic mass is 16.7. The Balaban J connectivity index is 1.99. The van der Waals surface area contributed by atoms with E-state index in [4.69, 9.17) is 15.3 Å². The maximum atomic E-state index is 11.8. The molecular formula is C15H16N3O3+. The highest BCUT2D eigenvalue weighted by Gasteiger charge is 2.11. The molecule has 0 atom stereocenters. The number of aromatic nitrogens is 1. The van der Waals surface area contributed by atoms with E-state index in [9.17, 15) is 4.79 Å². The van der Waals surface area contributed by atoms with E-state index >= 15 is 0 Å². The number of aromatic amines is 1. The maximum absolute atomic E-state index is 11.8. The average molecular weight is 286 g/mol. The zero-order valence-electron chi connectivity index (χ0n) is 11.6. The van der Waals surface area contributed by atoms with Gasteiger partial charge in [0.05, 0.1) is 13.5 Å². The summed E-state index contributed by atoms with van der Waals surface area (Å²) in [5, 5.41) is 3.62. The van der Waals surface area contributed by atoms with Crippen LogP contribution in [-0.4, -0.2) is 18.9 Å². The molecule has 1 aromatic heterocycles. The Hall–Kier alpha value is -2.89. The zero-order chi connectivity index (χ0) is 15.1. The van der Waals surface area contributed by atoms with Crippen molar-refractivity contribution < 1.29 is 19.4 Å². The van der Waals surface area contributed by atoms with Crippen molar-refractivity contribution in [3.05, 3.63) is 59.9 Å². The molecule has 0 fully saturated rings. The normalized spacial score (nSPS) is 11.0. The number of nitrogens with two attached hydrogens (primary N) is 1. The Morgan fingerprint density at radius 1 is 1.24 bits per heavy atom. The molecule has 0 unspecified atom stereocenters. The van der Waals surface area contributed by atoms with E-state index in [2.05, 4.69) is 10.1 Å². The fourth-order valence-electron chi connectivity index (χ4n) is 1.74. The lowest BCUT2D eigenvalue weighted by Gasteiger charge is -2.06. The second-order valence-electron chi connectivity index (χ2n) is 4.20. The SMILES string of the molecule is COc1ccccc1CC(=O)ON=C(N)c1cccc[nH+]1. The first-order valence-electron chi connectivity index (χ1n) is 6.33. The van der Waals surface area contributed by atoms with Crippen molar-refractivity contribution in [1.82, 2.24) is 0 Å². The third-order valence-corrected chi connectivity index (χ3v) is 2.76. The molecule has 2 aromatic rings. The van der Waals surface area contributed by atoms with Crippen LogP contribution in [0.5, 0.6) is 5.75 Å². The standard InChI is InChI=1S/C15H15N3O3/c1-20-13-8-3-2-6-11(13)10-14(19)21-18-15(16)12-7-4-5-9-17-12/h2-9H,10H2,1H3,(H2,16,18)/p+1. The van der Waals surface area contributed by atoms with Crippen molar-refractivity contribution in [3.8, 4) is 5.75 Å². The summed E-state index contributed by atoms with van der Waals surface area (Å²) in [4.78, 5) is 19.5. The minimum atomic E-state index is -0.515. The van der Waals surface area contributed by atoms with E-state index in [1.54, 1.807) is 37.6 Å². The van der Waals surface area contributed by atoms with Gasteiger partial charge in [0.25, 0.3) is 0 Å². The van der Waals surface area contributed by atoms with Crippen molar-refractivity contribution in [2.75, 3.05) is 7.11 Å². The number of hydrogen-bond donors (Lipinski definition) is 1. The number of nitrogens with one attached hydrogen (secondary N) is 1. The molecule has 1 aromatic carbocycles. The van der Waals surface area contributed by atoms with Crippen LogP contribution >= 0.6 is 0 Å². The summed E-state index contributed by atoms with van der Waals surface area (Å²) in [5.74, 6) is 0.213. The van der Waals surface area contributed by atoms with Crippen LogP contribution in [0.2, 0.25) is 0 Å². The number of amidine groups is 1. The summed E-state index contributed by atoms with van der Waals surface area (Å²) in [7, 11) is 1.55. The van der Waals surface area contributed by atoms with Crippen LogP contribution in [0.15, 0.2) is 53.8 Å². The highest BCUT2D eigenvalue weighted by molar-refractivity contribution is 5.94. The molecule has 0 amide bonds. The topological polar surface area (TPSA) is 88.0 Å². The molecule has 0 aliphatic heterocycles. The Morgan fingerprint density at radius 3 is 2.71 bits per heavy atom. The number of methoxy groups -OCH3 is 1. The van der Waals surface area contributed by atoms with Crippen LogP contribution in [0, 0.1) is 0 Å². The minimum Gasteiger partial charge on any atom is -0.496 e. The summed E-state index contributed by atoms with van der Waals surface area (Å²) in [6.07, 6.45) is 1.76. The van der Waals surface area contributed by atoms with Crippen LogP contribution in [0.4, 0.5) is 0 Å². The molecule has 0 saturated heterocycles. The van der Waals surface area contributed by atoms with Gasteiger partial charge in [-0.2, -0.15) is 0 Å². The number of rotatable bonds is 5. The molecule has 6 nitrogen and oxygen atoms in total. The molecule has 0 aliphatic rings. The van der Waals surface area contributed by atoms with E-state index in [-0.39, 0.29) is 12.3 Å². The highest BCUT2D eigenvalue weighted by Crippen LogP contribution is 2.18. The molecule has 1 heterocycles. The van der Waals surface area contributed by atoms with Crippen molar-refractivity contribution in [1.29, 1.82) is 0 Å². The van der Waals surface area contributed by atoms with E-state index in [1.807, 2.05) is 18.2 Å². The first-order chi connectivity index (χ1) is 10.2. The summed E-state index contributed by atoms with van der Waals surface area (Å²) in [6, 6.07) is 12.6. The molecule has 2 rings (SSSR count). The van der Waals surface area contributed by atoms with Gasteiger partial charge in [-0.25, -0.2) is 9.78 Å². The quantitative estimate of drug-likeness (QED) is 0.383. The lowest BCUT2D eigenvalue weighted by atomic mass is 10.1. The number of nitrogens with zero attached hydrogens (tertiary/aromatic N) is 1. The third-order valence-electron chi connectivity index (χ3n) is 2.76. The van der Waals surface area contributed by atoms with Gasteiger partial charge in [0, 0.05) is 17.7 Å². The number of para-hydroxylation sites is 1. The first kappa shape index (κ1) is 14.5. The lowest BCUT2D eigenvalue weighted by Crippen LogP contribution is -2.24. The van der Waals surface area contributed by atoms with Gasteiger partial charge in [-0.05, 0) is 12.1 Å². The summed E-state index contributed by atoms with van der Waals surface area (Å²) >= 11 is 0. The minimum absolute atomic E-state index is 0.0549. The fourth-order valence-corrected chi connectivity index (χ4v) is 1.74. The zero-order valence-corrected chi connectivity index (χ0v) is 11.6. The molecule has 0 spiro atoms. The van der Waals surface area contributed by atoms with Gasteiger partial charge in [0.1, 0.15) is 5.75 Å². The molecule has 21 heavy (non-hydrogen) atoms. The number of ether oxygens (including phenoxy) is 1. The predicted octanol–water partition coefficient (Wildman–Crippen LogP) is 0.916. The Morgan fingerprint density at radius 2 is 2.00 bits per heavy atom. The lowest BCUT2D eigenvalue weighted by molar-refractivity contribution is -0.380. The van der Waals surface area contributed by atoms with Crippen LogP contribution in [0.25, 0.3) is 0 Å². The molecule has 0 bridgehead atoms. The van der Waals surface area contributed by atoms with Crippen LogP contribution in [-0.2, 0) is 16.1 Å². The molecule has 6 heteroatoms. The number of carbonyl (C=O) groups is 1. The van der Waals surface area contributed by atoms with Crippen molar-refractivity contribution in [3.63, 3.8) is 0 Å². The van der Waals surface area contributed by atoms with E-state index in [0.717, 1.165) is 5.56 Å². The third kappa shape index (κ3) is 4.04. The predicted molar refractivity (Wildman–Crippen MR) is 76.5 cm³/mol. The Labute approximate surface area is 122 Å². The van der Waals surface area contributed by atoms with Crippen molar-refractivity contribution in [2.45, 2.75) is 6.42 Å². The smallest absolute Gasteiger partial charge is 0.339 e. The van der Waals surface area contributed by atoms with Crippen molar-refractivity contribution >= 4 is 11.8 Å². The molecule has 108 valence electrons. The second kappa shape index (κ2) is 7.04. The van der Waals surface area contributed by atoms with E-state index < -0.39 is 5.97 Å². The van der Waals surface area contributed by atoms with Gasteiger partial charge in [-0.15, -0.1) is 0 Å². The molecule has 0 aliphatic carbocycles. The van der Waals surface area contributed by atoms with Gasteiger partial charge in [0.15, 0.2) is 6.20 Å². The molecule has 0 radical (unpaired) electrons. The van der Waals surface area contributed by atoms with Gasteiger partial charge in [-0.3, -0.25) is 0 Å². The Bertz CT molecular complexity index is 642. The van der Waals surface area contributed by atoms with Crippen LogP contribution in [0.1, 0.15) is 11.3 Å². The fraction of sp³-hybridized carbons (Fsp3) is 0.133. The first-order valence-corrected chi connectivity index (χ1v) is 6.33. The number of carbonyl (C=O) groups excluding carboxylic acids is 1. The monoisotopic (exact) mass is 286 g/mol. The summed E-state index contributed by atoms with van der Waals surface area (Å²) in [5.41, 5.74) is 7.01. The maximum Gasteiger partial charge on any atom is 0.339 e. The number of H-pyrrole nitrogens is 1.